The average molecular weight is 363 g/mol. The predicted molar refractivity (Wildman–Crippen MR) is 106 cm³/mol. The van der Waals surface area contributed by atoms with Gasteiger partial charge in [0.2, 0.25) is 0 Å². The molecule has 0 aliphatic heterocycles. The van der Waals surface area contributed by atoms with Crippen molar-refractivity contribution in [1.82, 2.24) is 21.3 Å². The van der Waals surface area contributed by atoms with Crippen molar-refractivity contribution >= 4 is 12.1 Å². The molecule has 0 fully saturated rings. The Kier molecular flexibility index (Phi) is 11.7. The van der Waals surface area contributed by atoms with Crippen LogP contribution >= 0.6 is 0 Å². The number of hydrogen-bond donors (Lipinski definition) is 4. The molecule has 26 heavy (non-hydrogen) atoms. The summed E-state index contributed by atoms with van der Waals surface area (Å²) in [6.45, 7) is 6.62. The van der Waals surface area contributed by atoms with E-state index >= 15 is 0 Å². The zero-order valence-corrected chi connectivity index (χ0v) is 16.2. The number of unbranched alkanes of at least 4 members (excludes halogenated alkanes) is 4. The minimum Gasteiger partial charge on any atom is -0.338 e. The molecule has 0 atom stereocenters. The van der Waals surface area contributed by atoms with Crippen molar-refractivity contribution < 1.29 is 9.59 Å². The molecule has 0 radical (unpaired) electrons. The van der Waals surface area contributed by atoms with Gasteiger partial charge in [-0.3, -0.25) is 0 Å². The fourth-order valence-electron chi connectivity index (χ4n) is 2.49. The van der Waals surface area contributed by atoms with Crippen LogP contribution in [-0.4, -0.2) is 25.2 Å². The van der Waals surface area contributed by atoms with Gasteiger partial charge in [0.25, 0.3) is 0 Å². The van der Waals surface area contributed by atoms with Crippen molar-refractivity contribution in [3.05, 3.63) is 35.4 Å². The third-order valence-corrected chi connectivity index (χ3v) is 4.03. The van der Waals surface area contributed by atoms with E-state index in [1.165, 1.54) is 0 Å². The van der Waals surface area contributed by atoms with Gasteiger partial charge in [0.1, 0.15) is 0 Å². The van der Waals surface area contributed by atoms with Crippen LogP contribution in [0.5, 0.6) is 0 Å². The highest BCUT2D eigenvalue weighted by atomic mass is 16.2. The van der Waals surface area contributed by atoms with Gasteiger partial charge >= 0.3 is 12.1 Å². The van der Waals surface area contributed by atoms with E-state index in [0.717, 1.165) is 49.7 Å². The summed E-state index contributed by atoms with van der Waals surface area (Å²) in [6.07, 6.45) is 6.54. The third-order valence-electron chi connectivity index (χ3n) is 4.03. The molecule has 4 N–H and O–H groups in total. The molecule has 1 rings (SSSR count). The second kappa shape index (κ2) is 14.0. The molecule has 0 heterocycles. The molecular weight excluding hydrogens is 328 g/mol. The summed E-state index contributed by atoms with van der Waals surface area (Å²) in [5.74, 6) is 0. The van der Waals surface area contributed by atoms with E-state index < -0.39 is 0 Å². The number of benzene rings is 1. The first kappa shape index (κ1) is 21.8. The Bertz CT molecular complexity index is 491. The molecule has 6 nitrogen and oxygen atoms in total. The van der Waals surface area contributed by atoms with E-state index in [2.05, 4.69) is 35.1 Å². The second-order valence-corrected chi connectivity index (χ2v) is 6.45. The van der Waals surface area contributed by atoms with E-state index in [4.69, 9.17) is 0 Å². The smallest absolute Gasteiger partial charge is 0.315 e. The lowest BCUT2D eigenvalue weighted by molar-refractivity contribution is 0.239. The van der Waals surface area contributed by atoms with Gasteiger partial charge in [-0.15, -0.1) is 0 Å². The number of urea groups is 2. The maximum atomic E-state index is 11.7. The second-order valence-electron chi connectivity index (χ2n) is 6.45. The van der Waals surface area contributed by atoms with Gasteiger partial charge in [0.05, 0.1) is 0 Å². The molecule has 0 spiro atoms. The lowest BCUT2D eigenvalue weighted by atomic mass is 10.1. The van der Waals surface area contributed by atoms with Gasteiger partial charge in [-0.05, 0) is 24.0 Å². The van der Waals surface area contributed by atoms with Crippen LogP contribution in [0.4, 0.5) is 9.59 Å². The van der Waals surface area contributed by atoms with Gasteiger partial charge < -0.3 is 21.3 Å². The highest BCUT2D eigenvalue weighted by Gasteiger charge is 2.03. The maximum absolute atomic E-state index is 11.7. The lowest BCUT2D eigenvalue weighted by Crippen LogP contribution is -2.36. The first-order chi connectivity index (χ1) is 12.7. The first-order valence-corrected chi connectivity index (χ1v) is 9.77. The van der Waals surface area contributed by atoms with Crippen molar-refractivity contribution in [1.29, 1.82) is 0 Å². The molecule has 6 heteroatoms. The molecule has 0 saturated carbocycles. The minimum atomic E-state index is -0.143. The third kappa shape index (κ3) is 10.6. The lowest BCUT2D eigenvalue weighted by Gasteiger charge is -2.10. The Labute approximate surface area is 157 Å². The molecule has 0 aliphatic rings. The van der Waals surface area contributed by atoms with Crippen LogP contribution in [0.1, 0.15) is 63.5 Å². The van der Waals surface area contributed by atoms with Gasteiger partial charge in [-0.2, -0.15) is 0 Å². The Morgan fingerprint density at radius 1 is 0.731 bits per heavy atom. The van der Waals surface area contributed by atoms with E-state index in [1.54, 1.807) is 0 Å². The van der Waals surface area contributed by atoms with Gasteiger partial charge in [0.15, 0.2) is 0 Å². The number of hydrogen-bond acceptors (Lipinski definition) is 2. The van der Waals surface area contributed by atoms with E-state index in [1.807, 2.05) is 24.3 Å². The Balaban J connectivity index is 2.27. The monoisotopic (exact) mass is 362 g/mol. The number of carbonyl (C=O) groups excluding carboxylic acids is 2. The quantitative estimate of drug-likeness (QED) is 0.428. The summed E-state index contributed by atoms with van der Waals surface area (Å²) in [6, 6.07) is 7.57. The van der Waals surface area contributed by atoms with Crippen LogP contribution in [0, 0.1) is 0 Å². The molecule has 146 valence electrons. The summed E-state index contributed by atoms with van der Waals surface area (Å²) in [4.78, 5) is 23.5. The molecule has 0 aromatic heterocycles. The number of amides is 4. The summed E-state index contributed by atoms with van der Waals surface area (Å²) in [5, 5.41) is 11.4. The molecule has 0 saturated heterocycles. The van der Waals surface area contributed by atoms with Crippen molar-refractivity contribution in [2.75, 3.05) is 13.1 Å². The van der Waals surface area contributed by atoms with Crippen molar-refractivity contribution in [2.24, 2.45) is 0 Å². The van der Waals surface area contributed by atoms with Crippen LogP contribution in [0.15, 0.2) is 24.3 Å². The number of carbonyl (C=O) groups is 2. The van der Waals surface area contributed by atoms with Crippen LogP contribution in [0.3, 0.4) is 0 Å². The number of rotatable bonds is 12. The fourth-order valence-corrected chi connectivity index (χ4v) is 2.49. The SMILES string of the molecule is CCCCCNC(=O)NCc1cccc(CNC(=O)NCCCCC)c1. The minimum absolute atomic E-state index is 0.143. The fraction of sp³-hybridized carbons (Fsp3) is 0.600. The summed E-state index contributed by atoms with van der Waals surface area (Å²) >= 11 is 0. The molecular formula is C20H34N4O2. The normalized spacial score (nSPS) is 10.2. The zero-order chi connectivity index (χ0) is 19.0. The topological polar surface area (TPSA) is 82.3 Å². The van der Waals surface area contributed by atoms with Gasteiger partial charge in [-0.1, -0.05) is 63.8 Å². The van der Waals surface area contributed by atoms with Gasteiger partial charge in [0, 0.05) is 26.2 Å². The predicted octanol–water partition coefficient (Wildman–Crippen LogP) is 3.67. The van der Waals surface area contributed by atoms with Crippen molar-refractivity contribution in [3.63, 3.8) is 0 Å². The van der Waals surface area contributed by atoms with Crippen LogP contribution in [0.25, 0.3) is 0 Å². The molecule has 1 aromatic rings. The standard InChI is InChI=1S/C20H34N4O2/c1-3-5-7-12-21-19(25)23-15-17-10-9-11-18(14-17)16-24-20(26)22-13-8-6-4-2/h9-11,14H,3-8,12-13,15-16H2,1-2H3,(H2,21,23,25)(H2,22,24,26). The molecule has 1 aromatic carbocycles. The van der Waals surface area contributed by atoms with E-state index in [9.17, 15) is 9.59 Å². The van der Waals surface area contributed by atoms with Crippen LogP contribution in [0.2, 0.25) is 0 Å². The van der Waals surface area contributed by atoms with E-state index in [0.29, 0.717) is 26.2 Å². The molecule has 0 aliphatic carbocycles. The van der Waals surface area contributed by atoms with Crippen LogP contribution < -0.4 is 21.3 Å². The van der Waals surface area contributed by atoms with Crippen molar-refractivity contribution in [2.45, 2.75) is 65.5 Å². The molecule has 4 amide bonds. The zero-order valence-electron chi connectivity index (χ0n) is 16.2. The Hall–Kier alpha value is -2.24. The Morgan fingerprint density at radius 3 is 1.62 bits per heavy atom. The number of nitrogens with one attached hydrogen (secondary N) is 4. The van der Waals surface area contributed by atoms with Crippen molar-refractivity contribution in [3.8, 4) is 0 Å². The Morgan fingerprint density at radius 2 is 1.19 bits per heavy atom. The van der Waals surface area contributed by atoms with Gasteiger partial charge in [-0.25, -0.2) is 9.59 Å². The summed E-state index contributed by atoms with van der Waals surface area (Å²) in [7, 11) is 0. The highest BCUT2D eigenvalue weighted by Crippen LogP contribution is 2.05. The molecule has 0 unspecified atom stereocenters. The maximum Gasteiger partial charge on any atom is 0.315 e. The van der Waals surface area contributed by atoms with E-state index in [-0.39, 0.29) is 12.1 Å². The first-order valence-electron chi connectivity index (χ1n) is 9.77. The largest absolute Gasteiger partial charge is 0.338 e. The van der Waals surface area contributed by atoms with Crippen LogP contribution in [-0.2, 0) is 13.1 Å². The average Bonchev–Trinajstić information content (AvgIpc) is 2.66. The highest BCUT2D eigenvalue weighted by molar-refractivity contribution is 5.74. The summed E-state index contributed by atoms with van der Waals surface area (Å²) < 4.78 is 0. The summed E-state index contributed by atoms with van der Waals surface area (Å²) in [5.41, 5.74) is 2.02. The molecule has 0 bridgehead atoms.